The van der Waals surface area contributed by atoms with Crippen molar-refractivity contribution in [2.45, 2.75) is 6.54 Å². The summed E-state index contributed by atoms with van der Waals surface area (Å²) in [5.41, 5.74) is 0.297. The van der Waals surface area contributed by atoms with Gasteiger partial charge in [0.25, 0.3) is 0 Å². The first kappa shape index (κ1) is 17.3. The molecule has 0 saturated heterocycles. The van der Waals surface area contributed by atoms with E-state index in [1.165, 1.54) is 31.2 Å². The molecule has 1 aromatic carbocycles. The number of nitrogens with zero attached hydrogens (tertiary/aromatic N) is 1. The lowest BCUT2D eigenvalue weighted by Gasteiger charge is -2.20. The van der Waals surface area contributed by atoms with Gasteiger partial charge in [-0.3, -0.25) is 4.79 Å². The lowest BCUT2D eigenvalue weighted by molar-refractivity contribution is -0.119. The lowest BCUT2D eigenvalue weighted by atomic mass is 10.1. The summed E-state index contributed by atoms with van der Waals surface area (Å²) in [5, 5.41) is 5.42. The minimum absolute atomic E-state index is 0.136. The Morgan fingerprint density at radius 1 is 1.33 bits per heavy atom. The number of rotatable bonds is 8. The van der Waals surface area contributed by atoms with Crippen molar-refractivity contribution < 1.29 is 18.3 Å². The predicted octanol–water partition coefficient (Wildman–Crippen LogP) is 0.883. The highest BCUT2D eigenvalue weighted by atomic mass is 19.1. The topological polar surface area (TPSA) is 53.6 Å². The van der Waals surface area contributed by atoms with E-state index in [4.69, 9.17) is 4.74 Å². The van der Waals surface area contributed by atoms with Crippen molar-refractivity contribution in [3.8, 4) is 0 Å². The number of hydrogen-bond donors (Lipinski definition) is 2. The summed E-state index contributed by atoms with van der Waals surface area (Å²) < 4.78 is 32.8. The number of methoxy groups -OCH3 is 1. The second kappa shape index (κ2) is 8.53. The molecule has 7 heteroatoms. The average Bonchev–Trinajstić information content (AvgIpc) is 2.38. The summed E-state index contributed by atoms with van der Waals surface area (Å²) >= 11 is 0. The first-order chi connectivity index (χ1) is 9.99. The fraction of sp³-hybridized carbons (Fsp3) is 0.500. The molecule has 0 saturated carbocycles. The molecule has 0 radical (unpaired) electrons. The number of amides is 1. The molecule has 0 spiro atoms. The van der Waals surface area contributed by atoms with Crippen LogP contribution in [0.2, 0.25) is 0 Å². The second-order valence-electron chi connectivity index (χ2n) is 4.64. The third-order valence-electron chi connectivity index (χ3n) is 2.85. The highest BCUT2D eigenvalue weighted by Gasteiger charge is 2.17. The number of ether oxygens (including phenoxy) is 1. The molecule has 0 atom stereocenters. The molecule has 0 aromatic heterocycles. The first-order valence-corrected chi connectivity index (χ1v) is 6.58. The Balaban J connectivity index is 2.73. The van der Waals surface area contributed by atoms with Gasteiger partial charge in [0.1, 0.15) is 17.3 Å². The summed E-state index contributed by atoms with van der Waals surface area (Å²) in [7, 11) is 4.69. The lowest BCUT2D eigenvalue weighted by Crippen LogP contribution is -2.37. The number of likely N-dealkylation sites (N-methyl/N-ethyl adjacent to an activating group) is 1. The molecular formula is C14H21F2N3O2. The van der Waals surface area contributed by atoms with Crippen LogP contribution >= 0.6 is 0 Å². The standard InChI is InChI=1S/C14H21F2N3O2/c1-17-8-10-6-11(15)14(12(16)7-10)19(2)9-13(20)18-4-5-21-3/h6-7,17H,4-5,8-9H2,1-3H3,(H,18,20). The molecule has 0 heterocycles. The van der Waals surface area contributed by atoms with Crippen LogP contribution in [0.5, 0.6) is 0 Å². The minimum Gasteiger partial charge on any atom is -0.383 e. The largest absolute Gasteiger partial charge is 0.383 e. The van der Waals surface area contributed by atoms with Gasteiger partial charge < -0.3 is 20.3 Å². The zero-order valence-electron chi connectivity index (χ0n) is 12.5. The molecule has 0 bridgehead atoms. The van der Waals surface area contributed by atoms with Gasteiger partial charge in [0.2, 0.25) is 5.91 Å². The molecule has 1 rings (SSSR count). The molecule has 0 unspecified atom stereocenters. The molecule has 1 amide bonds. The molecule has 118 valence electrons. The molecule has 0 aliphatic rings. The quantitative estimate of drug-likeness (QED) is 0.700. The van der Waals surface area contributed by atoms with Crippen LogP contribution in [-0.4, -0.2) is 46.8 Å². The summed E-state index contributed by atoms with van der Waals surface area (Å²) in [4.78, 5) is 12.9. The summed E-state index contributed by atoms with van der Waals surface area (Å²) in [6, 6.07) is 2.52. The van der Waals surface area contributed by atoms with Crippen LogP contribution in [0.1, 0.15) is 5.56 Å². The van der Waals surface area contributed by atoms with Gasteiger partial charge in [0.15, 0.2) is 0 Å². The van der Waals surface area contributed by atoms with E-state index >= 15 is 0 Å². The van der Waals surface area contributed by atoms with E-state index in [2.05, 4.69) is 10.6 Å². The number of nitrogens with one attached hydrogen (secondary N) is 2. The van der Waals surface area contributed by atoms with Crippen LogP contribution in [0.4, 0.5) is 14.5 Å². The van der Waals surface area contributed by atoms with Crippen LogP contribution < -0.4 is 15.5 Å². The Morgan fingerprint density at radius 2 is 1.95 bits per heavy atom. The van der Waals surface area contributed by atoms with Crippen molar-refractivity contribution in [2.75, 3.05) is 45.8 Å². The minimum atomic E-state index is -0.688. The van der Waals surface area contributed by atoms with Crippen LogP contribution in [0.25, 0.3) is 0 Å². The SMILES string of the molecule is CNCc1cc(F)c(N(C)CC(=O)NCCOC)c(F)c1. The van der Waals surface area contributed by atoms with Crippen molar-refractivity contribution in [1.29, 1.82) is 0 Å². The molecule has 21 heavy (non-hydrogen) atoms. The van der Waals surface area contributed by atoms with E-state index in [-0.39, 0.29) is 18.1 Å². The van der Waals surface area contributed by atoms with Gasteiger partial charge in [-0.25, -0.2) is 8.78 Å². The average molecular weight is 301 g/mol. The third kappa shape index (κ3) is 5.28. The fourth-order valence-corrected chi connectivity index (χ4v) is 1.93. The molecule has 0 aliphatic heterocycles. The number of halogens is 2. The first-order valence-electron chi connectivity index (χ1n) is 6.58. The molecule has 0 aliphatic carbocycles. The molecule has 5 nitrogen and oxygen atoms in total. The molecule has 2 N–H and O–H groups in total. The van der Waals surface area contributed by atoms with Gasteiger partial charge in [-0.05, 0) is 24.7 Å². The van der Waals surface area contributed by atoms with Gasteiger partial charge in [-0.1, -0.05) is 0 Å². The Morgan fingerprint density at radius 3 is 2.48 bits per heavy atom. The van der Waals surface area contributed by atoms with Gasteiger partial charge in [0, 0.05) is 27.2 Å². The third-order valence-corrected chi connectivity index (χ3v) is 2.85. The Kier molecular flexibility index (Phi) is 7.04. The van der Waals surface area contributed by atoms with Gasteiger partial charge in [0.05, 0.1) is 13.2 Å². The summed E-state index contributed by atoms with van der Waals surface area (Å²) in [6.07, 6.45) is 0. The zero-order chi connectivity index (χ0) is 15.8. The Hall–Kier alpha value is -1.73. The highest BCUT2D eigenvalue weighted by molar-refractivity contribution is 5.81. The number of anilines is 1. The van der Waals surface area contributed by atoms with Crippen LogP contribution in [0.3, 0.4) is 0 Å². The number of hydrogen-bond acceptors (Lipinski definition) is 4. The van der Waals surface area contributed by atoms with E-state index in [0.29, 0.717) is 25.3 Å². The van der Waals surface area contributed by atoms with Gasteiger partial charge >= 0.3 is 0 Å². The van der Waals surface area contributed by atoms with Crippen LogP contribution in [-0.2, 0) is 16.1 Å². The molecular weight excluding hydrogens is 280 g/mol. The van der Waals surface area contributed by atoms with E-state index in [0.717, 1.165) is 0 Å². The zero-order valence-corrected chi connectivity index (χ0v) is 12.5. The Bertz CT molecular complexity index is 460. The van der Waals surface area contributed by atoms with E-state index in [9.17, 15) is 13.6 Å². The van der Waals surface area contributed by atoms with Gasteiger partial charge in [-0.2, -0.15) is 0 Å². The maximum atomic E-state index is 14.0. The fourth-order valence-electron chi connectivity index (χ4n) is 1.93. The monoisotopic (exact) mass is 301 g/mol. The molecule has 0 fully saturated rings. The van der Waals surface area contributed by atoms with Crippen LogP contribution in [0, 0.1) is 11.6 Å². The van der Waals surface area contributed by atoms with Crippen molar-refractivity contribution in [3.05, 3.63) is 29.3 Å². The van der Waals surface area contributed by atoms with Gasteiger partial charge in [-0.15, -0.1) is 0 Å². The Labute approximate surface area is 123 Å². The smallest absolute Gasteiger partial charge is 0.239 e. The van der Waals surface area contributed by atoms with Crippen molar-refractivity contribution >= 4 is 11.6 Å². The molecule has 1 aromatic rings. The summed E-state index contributed by atoms with van der Waals surface area (Å²) in [5.74, 6) is -1.70. The van der Waals surface area contributed by atoms with Crippen molar-refractivity contribution in [1.82, 2.24) is 10.6 Å². The van der Waals surface area contributed by atoms with Crippen molar-refractivity contribution in [3.63, 3.8) is 0 Å². The highest BCUT2D eigenvalue weighted by Crippen LogP contribution is 2.23. The normalized spacial score (nSPS) is 10.5. The van der Waals surface area contributed by atoms with E-state index < -0.39 is 11.6 Å². The number of benzene rings is 1. The van der Waals surface area contributed by atoms with E-state index in [1.807, 2.05) is 0 Å². The van der Waals surface area contributed by atoms with E-state index in [1.54, 1.807) is 7.05 Å². The predicted molar refractivity (Wildman–Crippen MR) is 77.3 cm³/mol. The summed E-state index contributed by atoms with van der Waals surface area (Å²) in [6.45, 7) is 0.977. The maximum absolute atomic E-state index is 14.0. The maximum Gasteiger partial charge on any atom is 0.239 e. The number of carbonyl (C=O) groups excluding carboxylic acids is 1. The van der Waals surface area contributed by atoms with Crippen LogP contribution in [0.15, 0.2) is 12.1 Å². The second-order valence-corrected chi connectivity index (χ2v) is 4.64. The number of carbonyl (C=O) groups is 1. The van der Waals surface area contributed by atoms with Crippen molar-refractivity contribution in [2.24, 2.45) is 0 Å².